The van der Waals surface area contributed by atoms with Crippen LogP contribution in [-0.4, -0.2) is 52.6 Å². The van der Waals surface area contributed by atoms with Crippen molar-refractivity contribution in [3.05, 3.63) is 42.6 Å². The maximum absolute atomic E-state index is 13.0. The Labute approximate surface area is 228 Å². The van der Waals surface area contributed by atoms with Gasteiger partial charge in [0.25, 0.3) is 15.7 Å². The van der Waals surface area contributed by atoms with E-state index in [1.54, 1.807) is 0 Å². The molecule has 2 unspecified atom stereocenters. The summed E-state index contributed by atoms with van der Waals surface area (Å²) in [5.41, 5.74) is 2.99. The molecule has 2 aliphatic rings. The van der Waals surface area contributed by atoms with Crippen LogP contribution in [0, 0.1) is 0 Å². The summed E-state index contributed by atoms with van der Waals surface area (Å²) in [5.74, 6) is 0. The van der Waals surface area contributed by atoms with E-state index in [4.69, 9.17) is 23.5 Å². The predicted octanol–water partition coefficient (Wildman–Crippen LogP) is 3.47. The van der Waals surface area contributed by atoms with Gasteiger partial charge in [0.05, 0.1) is 15.6 Å². The number of aromatic amines is 1. The third-order valence-corrected chi connectivity index (χ3v) is 18.4. The molecule has 2 aliphatic heterocycles. The molecule has 0 aliphatic carbocycles. The van der Waals surface area contributed by atoms with Crippen molar-refractivity contribution in [2.75, 3.05) is 0 Å². The molecule has 0 radical (unpaired) electrons. The molecule has 1 fully saturated rings. The number of halogens is 1. The first-order chi connectivity index (χ1) is 16.5. The maximum Gasteiger partial charge on any atom is 0.330 e. The highest BCUT2D eigenvalue weighted by atomic mass is 79.9. The predicted molar refractivity (Wildman–Crippen MR) is 148 cm³/mol. The normalized spacial score (nSPS) is 28.6. The average Bonchev–Trinajstić information content (AvgIpc) is 3.09. The van der Waals surface area contributed by atoms with Crippen LogP contribution < -0.4 is 17.0 Å². The molecule has 11 nitrogen and oxygen atoms in total. The third-order valence-electron chi connectivity index (χ3n) is 7.91. The zero-order chi connectivity index (χ0) is 28.6. The Morgan fingerprint density at radius 1 is 1.05 bits per heavy atom. The molecule has 37 heavy (non-hydrogen) atoms. The smallest absolute Gasteiger partial charge is 0.330 e. The quantitative estimate of drug-likeness (QED) is 0.364. The van der Waals surface area contributed by atoms with Crippen molar-refractivity contribution in [1.29, 1.82) is 0 Å². The van der Waals surface area contributed by atoms with Gasteiger partial charge in [0.2, 0.25) is 5.60 Å². The molecule has 1 aromatic heterocycles. The Morgan fingerprint density at radius 3 is 2.03 bits per heavy atom. The fourth-order valence-electron chi connectivity index (χ4n) is 3.60. The zero-order valence-electron chi connectivity index (χ0n) is 23.0. The van der Waals surface area contributed by atoms with E-state index in [2.05, 4.69) is 20.9 Å². The van der Waals surface area contributed by atoms with Gasteiger partial charge >= 0.3 is 5.69 Å². The molecule has 0 aromatic carbocycles. The van der Waals surface area contributed by atoms with E-state index in [1.807, 2.05) is 67.7 Å². The molecule has 4 atom stereocenters. The van der Waals surface area contributed by atoms with Crippen molar-refractivity contribution in [1.82, 2.24) is 9.55 Å². The molecule has 0 amide bonds. The van der Waals surface area contributed by atoms with Crippen molar-refractivity contribution < 1.29 is 26.2 Å². The van der Waals surface area contributed by atoms with Gasteiger partial charge in [-0.2, -0.15) is 8.42 Å². The number of H-pyrrole nitrogens is 1. The van der Waals surface area contributed by atoms with Gasteiger partial charge in [-0.05, 0) is 52.2 Å². The molecule has 3 heterocycles. The number of nitrogens with zero attached hydrogens (tertiary/aromatic N) is 1. The molecule has 15 heteroatoms. The van der Waals surface area contributed by atoms with Crippen LogP contribution in [0.1, 0.15) is 47.8 Å². The van der Waals surface area contributed by atoms with Crippen LogP contribution in [0.2, 0.25) is 36.3 Å². The summed E-state index contributed by atoms with van der Waals surface area (Å²) in [6, 6.07) is 0. The fraction of sp³-hybridized carbons (Fsp3) is 0.727. The van der Waals surface area contributed by atoms with E-state index in [1.165, 1.54) is 6.20 Å². The first-order valence-corrected chi connectivity index (χ1v) is 20.0. The van der Waals surface area contributed by atoms with Gasteiger partial charge in [-0.25, -0.2) is 8.98 Å². The van der Waals surface area contributed by atoms with Crippen LogP contribution in [0.15, 0.2) is 31.4 Å². The Kier molecular flexibility index (Phi) is 7.61. The van der Waals surface area contributed by atoms with Gasteiger partial charge in [-0.15, -0.1) is 0 Å². The molecule has 1 aromatic rings. The second-order valence-electron chi connectivity index (χ2n) is 12.6. The Hall–Kier alpha value is -1.08. The largest absolute Gasteiger partial charge is 0.406 e. The lowest BCUT2D eigenvalue weighted by atomic mass is 9.94. The second-order valence-corrected chi connectivity index (χ2v) is 24.4. The van der Waals surface area contributed by atoms with Crippen molar-refractivity contribution in [2.45, 2.75) is 102 Å². The second kappa shape index (κ2) is 9.25. The van der Waals surface area contributed by atoms with Crippen LogP contribution in [-0.2, 0) is 27.9 Å². The van der Waals surface area contributed by atoms with Crippen LogP contribution in [0.4, 0.5) is 0 Å². The monoisotopic (exact) mass is 639 g/mol. The molecular weight excluding hydrogens is 602 g/mol. The van der Waals surface area contributed by atoms with Crippen LogP contribution in [0.5, 0.6) is 0 Å². The summed E-state index contributed by atoms with van der Waals surface area (Å²) in [7, 11) is -9.49. The van der Waals surface area contributed by atoms with E-state index in [9.17, 15) is 18.0 Å². The molecule has 210 valence electrons. The van der Waals surface area contributed by atoms with E-state index in [0.717, 1.165) is 9.98 Å². The molecule has 1 saturated heterocycles. The van der Waals surface area contributed by atoms with E-state index >= 15 is 0 Å². The van der Waals surface area contributed by atoms with Crippen molar-refractivity contribution in [3.8, 4) is 0 Å². The summed E-state index contributed by atoms with van der Waals surface area (Å²) in [5, 5.41) is 0.261. The van der Waals surface area contributed by atoms with Gasteiger partial charge in [0.1, 0.15) is 6.10 Å². The van der Waals surface area contributed by atoms with Crippen molar-refractivity contribution >= 4 is 42.7 Å². The molecule has 1 spiro atoms. The molecule has 3 rings (SSSR count). The Morgan fingerprint density at radius 2 is 1.57 bits per heavy atom. The summed E-state index contributed by atoms with van der Waals surface area (Å²) >= 11 is 3.16. The minimum absolute atomic E-state index is 0.0769. The fourth-order valence-corrected chi connectivity index (χ4v) is 7.52. The number of aromatic nitrogens is 2. The molecule has 3 N–H and O–H groups in total. The number of nitrogens with two attached hydrogens (primary N) is 1. The van der Waals surface area contributed by atoms with E-state index < -0.39 is 62.2 Å². The highest BCUT2D eigenvalue weighted by Crippen LogP contribution is 2.53. The minimum atomic E-state index is -4.22. The van der Waals surface area contributed by atoms with E-state index in [0.29, 0.717) is 0 Å². The van der Waals surface area contributed by atoms with Crippen LogP contribution in [0.25, 0.3) is 0 Å². The summed E-state index contributed by atoms with van der Waals surface area (Å²) in [6.45, 7) is 20.1. The van der Waals surface area contributed by atoms with Crippen molar-refractivity contribution in [3.63, 3.8) is 0 Å². The van der Waals surface area contributed by atoms with Crippen LogP contribution >= 0.6 is 15.9 Å². The minimum Gasteiger partial charge on any atom is -0.406 e. The zero-order valence-corrected chi connectivity index (χ0v) is 27.4. The van der Waals surface area contributed by atoms with Crippen molar-refractivity contribution in [2.24, 2.45) is 5.73 Å². The lowest BCUT2D eigenvalue weighted by Gasteiger charge is -2.44. The van der Waals surface area contributed by atoms with E-state index in [-0.39, 0.29) is 20.2 Å². The standard InChI is InChI=1S/C22H38BrN3O8SSi2/c1-20(2,3)36(7,8)32-15-17(26-11-13(23)16(27)25-19(26)28)31-18(33-37(9,10)21(4,5)6)22(15)14(24)12-35(29,30)34-22/h11-12,15,17-18H,24H2,1-10H3,(H,25,27,28)/t15?,17-,18-,22?/m1/s1. The number of hydrogen-bond acceptors (Lipinski definition) is 9. The van der Waals surface area contributed by atoms with Gasteiger partial charge in [0, 0.05) is 6.20 Å². The molecular formula is C22H38BrN3O8SSi2. The highest BCUT2D eigenvalue weighted by molar-refractivity contribution is 9.10. The summed E-state index contributed by atoms with van der Waals surface area (Å²) in [4.78, 5) is 27.3. The van der Waals surface area contributed by atoms with Gasteiger partial charge in [0.15, 0.2) is 29.2 Å². The maximum atomic E-state index is 13.0. The molecule has 0 bridgehead atoms. The van der Waals surface area contributed by atoms with Gasteiger partial charge in [-0.1, -0.05) is 41.5 Å². The van der Waals surface area contributed by atoms with Gasteiger partial charge < -0.3 is 19.3 Å². The first-order valence-electron chi connectivity index (χ1n) is 11.9. The first kappa shape index (κ1) is 30.5. The number of nitrogens with one attached hydrogen (secondary N) is 1. The van der Waals surface area contributed by atoms with Gasteiger partial charge in [-0.3, -0.25) is 14.3 Å². The number of ether oxygens (including phenoxy) is 1. The topological polar surface area (TPSA) is 152 Å². The SMILES string of the molecule is CC(C)(C)[Si](C)(C)OC1[C@H](n2cc(Br)c(=O)[nH]c2=O)O[C@H](O[Si](C)(C)C(C)(C)C)C12OS(=O)(=O)C=C2N. The average molecular weight is 641 g/mol. The Bertz CT molecular complexity index is 1330. The lowest BCUT2D eigenvalue weighted by Crippen LogP contribution is -2.60. The number of rotatable bonds is 5. The lowest BCUT2D eigenvalue weighted by molar-refractivity contribution is -0.147. The number of hydrogen-bond donors (Lipinski definition) is 2. The van der Waals surface area contributed by atoms with Crippen LogP contribution in [0.3, 0.4) is 0 Å². The molecule has 0 saturated carbocycles. The summed E-state index contributed by atoms with van der Waals surface area (Å²) < 4.78 is 52.2. The Balaban J connectivity index is 2.31. The highest BCUT2D eigenvalue weighted by Gasteiger charge is 2.69. The summed E-state index contributed by atoms with van der Waals surface area (Å²) in [6.07, 6.45) is -2.48. The third kappa shape index (κ3) is 5.37.